The fourth-order valence-corrected chi connectivity index (χ4v) is 6.86. The normalized spacial score (nSPS) is 13.8. The molecular formula is C27H35ClN2O4S2. The van der Waals surface area contributed by atoms with E-state index >= 15 is 0 Å². The number of carbonyl (C=O) groups is 1. The summed E-state index contributed by atoms with van der Waals surface area (Å²) in [4.78, 5) is 17.9. The van der Waals surface area contributed by atoms with Gasteiger partial charge in [0.15, 0.2) is 0 Å². The van der Waals surface area contributed by atoms with Crippen LogP contribution in [-0.4, -0.2) is 59.0 Å². The van der Waals surface area contributed by atoms with Crippen LogP contribution in [0.5, 0.6) is 0 Å². The van der Waals surface area contributed by atoms with Crippen LogP contribution in [0.1, 0.15) is 55.5 Å². The summed E-state index contributed by atoms with van der Waals surface area (Å²) in [6.45, 7) is 6.46. The van der Waals surface area contributed by atoms with E-state index in [0.717, 1.165) is 30.6 Å². The first-order chi connectivity index (χ1) is 17.3. The molecule has 0 spiro atoms. The molecule has 1 aliphatic rings. The van der Waals surface area contributed by atoms with E-state index in [2.05, 4.69) is 30.9 Å². The molecule has 0 aliphatic heterocycles. The molecule has 0 atom stereocenters. The second-order valence-corrected chi connectivity index (χ2v) is 11.9. The lowest BCUT2D eigenvalue weighted by molar-refractivity contribution is -0.140. The number of unbranched alkanes of at least 4 members (excludes halogenated alkanes) is 3. The Morgan fingerprint density at radius 1 is 1.00 bits per heavy atom. The predicted molar refractivity (Wildman–Crippen MR) is 149 cm³/mol. The maximum atomic E-state index is 12.4. The van der Waals surface area contributed by atoms with Crippen molar-refractivity contribution in [3.63, 3.8) is 0 Å². The minimum atomic E-state index is -0.631. The summed E-state index contributed by atoms with van der Waals surface area (Å²) in [6, 6.07) is 6.34. The minimum Gasteiger partial charge on any atom is -0.459 e. The van der Waals surface area contributed by atoms with Gasteiger partial charge in [0.25, 0.3) is 0 Å². The van der Waals surface area contributed by atoms with Crippen LogP contribution in [0.15, 0.2) is 17.7 Å². The first kappa shape index (κ1) is 28.7. The summed E-state index contributed by atoms with van der Waals surface area (Å²) in [6.07, 6.45) is 5.95. The maximum Gasteiger partial charge on any atom is 0.349 e. The van der Waals surface area contributed by atoms with Gasteiger partial charge in [-0.3, -0.25) is 0 Å². The molecule has 0 unspecified atom stereocenters. The van der Waals surface area contributed by atoms with E-state index in [1.807, 2.05) is 20.2 Å². The van der Waals surface area contributed by atoms with Crippen molar-refractivity contribution < 1.29 is 19.0 Å². The molecule has 0 amide bonds. The highest BCUT2D eigenvalue weighted by Gasteiger charge is 2.39. The minimum absolute atomic E-state index is 0.00869. The number of ether oxygens (including phenoxy) is 3. The number of fused-ring (bicyclic) bond motifs is 3. The average Bonchev–Trinajstić information content (AvgIpc) is 3.52. The molecule has 2 aromatic heterocycles. The largest absolute Gasteiger partial charge is 0.459 e. The molecule has 0 aromatic carbocycles. The van der Waals surface area contributed by atoms with Crippen LogP contribution in [0.4, 0.5) is 5.00 Å². The molecule has 0 radical (unpaired) electrons. The molecule has 0 saturated heterocycles. The van der Waals surface area contributed by atoms with Crippen molar-refractivity contribution in [3.05, 3.63) is 33.7 Å². The third-order valence-corrected chi connectivity index (χ3v) is 8.91. The Hall–Kier alpha value is -1.89. The molecule has 0 saturated carbocycles. The van der Waals surface area contributed by atoms with Crippen LogP contribution < -0.4 is 4.90 Å². The van der Waals surface area contributed by atoms with Crippen LogP contribution in [0.3, 0.4) is 0 Å². The van der Waals surface area contributed by atoms with Crippen LogP contribution in [0, 0.1) is 11.3 Å². The number of hydrogen-bond acceptors (Lipinski definition) is 8. The first-order valence-electron chi connectivity index (χ1n) is 12.3. The van der Waals surface area contributed by atoms with Crippen LogP contribution in [-0.2, 0) is 24.4 Å². The summed E-state index contributed by atoms with van der Waals surface area (Å²) in [5.74, 6) is 0.0851. The summed E-state index contributed by atoms with van der Waals surface area (Å²) in [5, 5.41) is 10.8. The van der Waals surface area contributed by atoms with E-state index in [-0.39, 0.29) is 24.2 Å². The van der Waals surface area contributed by atoms with E-state index in [9.17, 15) is 10.1 Å². The third kappa shape index (κ3) is 7.11. The Balaban J connectivity index is 1.46. The van der Waals surface area contributed by atoms with Crippen molar-refractivity contribution >= 4 is 51.3 Å². The number of anilines is 1. The molecule has 1 aliphatic carbocycles. The van der Waals surface area contributed by atoms with Crippen molar-refractivity contribution in [2.24, 2.45) is 0 Å². The lowest BCUT2D eigenvalue weighted by atomic mass is 9.84. The molecule has 3 rings (SSSR count). The van der Waals surface area contributed by atoms with Crippen LogP contribution in [0.25, 0.3) is 15.8 Å². The molecular weight excluding hydrogens is 516 g/mol. The van der Waals surface area contributed by atoms with Gasteiger partial charge < -0.3 is 19.1 Å². The maximum absolute atomic E-state index is 12.4. The topological polar surface area (TPSA) is 71.8 Å². The summed E-state index contributed by atoms with van der Waals surface area (Å²) >= 11 is 9.04. The van der Waals surface area contributed by atoms with Crippen LogP contribution >= 0.6 is 34.3 Å². The van der Waals surface area contributed by atoms with Gasteiger partial charge in [0.2, 0.25) is 0 Å². The van der Waals surface area contributed by atoms with Gasteiger partial charge in [-0.2, -0.15) is 5.26 Å². The third-order valence-electron chi connectivity index (χ3n) is 6.10. The summed E-state index contributed by atoms with van der Waals surface area (Å²) in [7, 11) is 4.10. The Morgan fingerprint density at radius 2 is 1.64 bits per heavy atom. The SMILES string of the molecule is CN(C)c1cc2c(s1)-c1sc(/C=C(\C#N)C(=O)OCCOCCOCCCCCCCl)cc1C2(C)C. The quantitative estimate of drug-likeness (QED) is 0.0832. The van der Waals surface area contributed by atoms with Crippen molar-refractivity contribution in [1.29, 1.82) is 5.26 Å². The fraction of sp³-hybridized carbons (Fsp3) is 0.556. The second kappa shape index (κ2) is 13.6. The number of alkyl halides is 1. The molecule has 2 aromatic rings. The molecule has 9 heteroatoms. The van der Waals surface area contributed by atoms with Gasteiger partial charge in [0, 0.05) is 41.8 Å². The smallest absolute Gasteiger partial charge is 0.349 e. The number of halogens is 1. The number of nitrogens with zero attached hydrogens (tertiary/aromatic N) is 2. The fourth-order valence-electron chi connectivity index (χ4n) is 4.01. The van der Waals surface area contributed by atoms with E-state index in [1.165, 1.54) is 25.9 Å². The number of hydrogen-bond donors (Lipinski definition) is 0. The Morgan fingerprint density at radius 3 is 2.33 bits per heavy atom. The van der Waals surface area contributed by atoms with Gasteiger partial charge in [-0.05, 0) is 42.2 Å². The Kier molecular flexibility index (Phi) is 10.8. The second-order valence-electron chi connectivity index (χ2n) is 9.37. The standard InChI is InChI=1S/C27H35ClN2O4S2/c1-27(2)21-16-20(35-24(21)25-22(27)17-23(36-25)30(3)4)15-19(18-29)26(31)34-14-13-33-12-11-32-10-8-6-5-7-9-28/h15-17H,5-14H2,1-4H3/b19-15+. The van der Waals surface area contributed by atoms with Crippen molar-refractivity contribution in [3.8, 4) is 15.8 Å². The number of thiophene rings is 2. The summed E-state index contributed by atoms with van der Waals surface area (Å²) in [5.41, 5.74) is 2.45. The van der Waals surface area contributed by atoms with E-state index < -0.39 is 5.97 Å². The molecule has 36 heavy (non-hydrogen) atoms. The van der Waals surface area contributed by atoms with Crippen molar-refractivity contribution in [1.82, 2.24) is 0 Å². The molecule has 6 nitrogen and oxygen atoms in total. The van der Waals surface area contributed by atoms with Crippen molar-refractivity contribution in [2.45, 2.75) is 44.9 Å². The van der Waals surface area contributed by atoms with E-state index in [1.54, 1.807) is 28.7 Å². The molecule has 0 fully saturated rings. The monoisotopic (exact) mass is 550 g/mol. The van der Waals surface area contributed by atoms with Gasteiger partial charge in [-0.1, -0.05) is 26.7 Å². The number of esters is 1. The Bertz CT molecular complexity index is 1100. The highest BCUT2D eigenvalue weighted by atomic mass is 35.5. The van der Waals surface area contributed by atoms with Gasteiger partial charge >= 0.3 is 5.97 Å². The van der Waals surface area contributed by atoms with Gasteiger partial charge in [0.05, 0.1) is 29.7 Å². The highest BCUT2D eigenvalue weighted by molar-refractivity contribution is 7.25. The predicted octanol–water partition coefficient (Wildman–Crippen LogP) is 6.46. The first-order valence-corrected chi connectivity index (χ1v) is 14.4. The van der Waals surface area contributed by atoms with Gasteiger partial charge in [-0.25, -0.2) is 4.79 Å². The zero-order valence-corrected chi connectivity index (χ0v) is 23.9. The summed E-state index contributed by atoms with van der Waals surface area (Å²) < 4.78 is 16.2. The molecule has 0 bridgehead atoms. The zero-order chi connectivity index (χ0) is 26.1. The van der Waals surface area contributed by atoms with Crippen molar-refractivity contribution in [2.75, 3.05) is 57.9 Å². The molecule has 196 valence electrons. The van der Waals surface area contributed by atoms with Gasteiger partial charge in [-0.15, -0.1) is 34.3 Å². The average molecular weight is 551 g/mol. The molecule has 0 N–H and O–H groups in total. The lowest BCUT2D eigenvalue weighted by Gasteiger charge is -2.19. The highest BCUT2D eigenvalue weighted by Crippen LogP contribution is 2.56. The zero-order valence-electron chi connectivity index (χ0n) is 21.5. The number of rotatable bonds is 15. The van der Waals surface area contributed by atoms with Gasteiger partial charge in [0.1, 0.15) is 18.2 Å². The lowest BCUT2D eigenvalue weighted by Crippen LogP contribution is -2.14. The molecule has 2 heterocycles. The number of nitriles is 1. The van der Waals surface area contributed by atoms with E-state index in [0.29, 0.717) is 25.7 Å². The Labute approximate surface area is 227 Å². The van der Waals surface area contributed by atoms with Crippen LogP contribution in [0.2, 0.25) is 0 Å². The number of carbonyl (C=O) groups excluding carboxylic acids is 1. The van der Waals surface area contributed by atoms with E-state index in [4.69, 9.17) is 25.8 Å².